The van der Waals surface area contributed by atoms with E-state index in [-0.39, 0.29) is 6.54 Å². The summed E-state index contributed by atoms with van der Waals surface area (Å²) in [5.41, 5.74) is 5.18. The van der Waals surface area contributed by atoms with Crippen LogP contribution in [0.5, 0.6) is 0 Å². The molecule has 0 saturated carbocycles. The van der Waals surface area contributed by atoms with Crippen LogP contribution >= 0.6 is 0 Å². The van der Waals surface area contributed by atoms with Crippen molar-refractivity contribution >= 4 is 5.97 Å². The van der Waals surface area contributed by atoms with Crippen LogP contribution in [0, 0.1) is 0 Å². The van der Waals surface area contributed by atoms with Crippen LogP contribution < -0.4 is 11.1 Å². The number of hydrogen-bond acceptors (Lipinski definition) is 3. The predicted molar refractivity (Wildman–Crippen MR) is 38.4 cm³/mol. The van der Waals surface area contributed by atoms with Crippen LogP contribution in [0.2, 0.25) is 0 Å². The Morgan fingerprint density at radius 3 is 2.90 bits per heavy atom. The molecular formula is C6H12N2O2. The lowest BCUT2D eigenvalue weighted by atomic mass is 10.4. The van der Waals surface area contributed by atoms with Gasteiger partial charge >= 0.3 is 5.97 Å². The van der Waals surface area contributed by atoms with E-state index in [0.717, 1.165) is 6.42 Å². The molecule has 0 atom stereocenters. The minimum Gasteiger partial charge on any atom is -0.480 e. The summed E-state index contributed by atoms with van der Waals surface area (Å²) >= 11 is 0. The molecule has 4 N–H and O–H groups in total. The Labute approximate surface area is 59.7 Å². The smallest absolute Gasteiger partial charge is 0.322 e. The topological polar surface area (TPSA) is 75.3 Å². The van der Waals surface area contributed by atoms with E-state index in [1.54, 1.807) is 12.3 Å². The van der Waals surface area contributed by atoms with E-state index in [0.29, 0.717) is 6.54 Å². The van der Waals surface area contributed by atoms with E-state index in [9.17, 15) is 4.79 Å². The molecule has 0 unspecified atom stereocenters. The minimum absolute atomic E-state index is 0.0406. The molecule has 0 amide bonds. The highest BCUT2D eigenvalue weighted by molar-refractivity contribution is 5.69. The van der Waals surface area contributed by atoms with Crippen molar-refractivity contribution in [3.8, 4) is 0 Å². The number of aliphatic carboxylic acids is 1. The summed E-state index contributed by atoms with van der Waals surface area (Å²) in [6.07, 6.45) is 4.16. The van der Waals surface area contributed by atoms with Gasteiger partial charge in [0.1, 0.15) is 6.54 Å². The summed E-state index contributed by atoms with van der Waals surface area (Å²) in [6.45, 7) is 0.548. The molecule has 4 nitrogen and oxygen atoms in total. The maximum Gasteiger partial charge on any atom is 0.322 e. The molecule has 0 rings (SSSR count). The van der Waals surface area contributed by atoms with Gasteiger partial charge < -0.3 is 16.2 Å². The van der Waals surface area contributed by atoms with Gasteiger partial charge in [-0.3, -0.25) is 4.79 Å². The maximum atomic E-state index is 9.91. The number of carboxylic acid groups (broad SMARTS) is 1. The molecule has 0 aliphatic heterocycles. The average molecular weight is 144 g/mol. The second kappa shape index (κ2) is 6.10. The van der Waals surface area contributed by atoms with Gasteiger partial charge in [-0.1, -0.05) is 6.08 Å². The van der Waals surface area contributed by atoms with Crippen molar-refractivity contribution < 1.29 is 9.90 Å². The third kappa shape index (κ3) is 6.97. The number of nitrogens with one attached hydrogen (secondary N) is 1. The minimum atomic E-state index is -0.864. The van der Waals surface area contributed by atoms with E-state index >= 15 is 0 Å². The normalized spacial score (nSPS) is 10.1. The molecule has 10 heavy (non-hydrogen) atoms. The summed E-state index contributed by atoms with van der Waals surface area (Å²) in [5, 5.41) is 10.7. The van der Waals surface area contributed by atoms with Crippen LogP contribution in [0.3, 0.4) is 0 Å². The third-order valence-corrected chi connectivity index (χ3v) is 0.822. The quantitative estimate of drug-likeness (QED) is 0.487. The van der Waals surface area contributed by atoms with Crippen molar-refractivity contribution in [2.45, 2.75) is 6.42 Å². The number of carboxylic acids is 1. The number of rotatable bonds is 5. The van der Waals surface area contributed by atoms with Gasteiger partial charge in [0.05, 0.1) is 0 Å². The fraction of sp³-hybridized carbons (Fsp3) is 0.500. The summed E-state index contributed by atoms with van der Waals surface area (Å²) < 4.78 is 0. The molecule has 0 aliphatic carbocycles. The van der Waals surface area contributed by atoms with Crippen molar-refractivity contribution in [1.29, 1.82) is 0 Å². The predicted octanol–water partition coefficient (Wildman–Crippen LogP) is -0.477. The van der Waals surface area contributed by atoms with Crippen LogP contribution in [0.25, 0.3) is 0 Å². The highest BCUT2D eigenvalue weighted by Gasteiger charge is 1.88. The number of nitrogens with two attached hydrogens (primary N) is 1. The van der Waals surface area contributed by atoms with Gasteiger partial charge in [-0.2, -0.15) is 0 Å². The van der Waals surface area contributed by atoms with Crippen molar-refractivity contribution in [3.05, 3.63) is 12.3 Å². The second-order valence-corrected chi connectivity index (χ2v) is 1.75. The molecule has 0 bridgehead atoms. The Kier molecular flexibility index (Phi) is 5.47. The van der Waals surface area contributed by atoms with E-state index in [2.05, 4.69) is 5.32 Å². The molecular weight excluding hydrogens is 132 g/mol. The lowest BCUT2D eigenvalue weighted by Gasteiger charge is -1.92. The Bertz CT molecular complexity index is 123. The highest BCUT2D eigenvalue weighted by Crippen LogP contribution is 1.74. The molecule has 0 spiro atoms. The van der Waals surface area contributed by atoms with Crippen LogP contribution in [-0.4, -0.2) is 24.2 Å². The Morgan fingerprint density at radius 1 is 1.70 bits per heavy atom. The van der Waals surface area contributed by atoms with Gasteiger partial charge in [-0.25, -0.2) is 0 Å². The first-order valence-electron chi connectivity index (χ1n) is 3.07. The fourth-order valence-corrected chi connectivity index (χ4v) is 0.409. The van der Waals surface area contributed by atoms with Crippen molar-refractivity contribution in [3.63, 3.8) is 0 Å². The first kappa shape index (κ1) is 8.97. The zero-order valence-electron chi connectivity index (χ0n) is 5.71. The van der Waals surface area contributed by atoms with E-state index in [4.69, 9.17) is 10.8 Å². The van der Waals surface area contributed by atoms with Crippen molar-refractivity contribution in [2.75, 3.05) is 13.1 Å². The first-order valence-corrected chi connectivity index (χ1v) is 3.07. The molecule has 4 heteroatoms. The molecule has 0 radical (unpaired) electrons. The Morgan fingerprint density at radius 2 is 2.40 bits per heavy atom. The van der Waals surface area contributed by atoms with Gasteiger partial charge in [0, 0.05) is 0 Å². The van der Waals surface area contributed by atoms with Crippen LogP contribution in [0.1, 0.15) is 6.42 Å². The highest BCUT2D eigenvalue weighted by atomic mass is 16.4. The van der Waals surface area contributed by atoms with E-state index in [1.165, 1.54) is 0 Å². The summed E-state index contributed by atoms with van der Waals surface area (Å²) in [6, 6.07) is 0. The maximum absolute atomic E-state index is 9.91. The number of carbonyl (C=O) groups is 1. The lowest BCUT2D eigenvalue weighted by Crippen LogP contribution is -2.16. The summed E-state index contributed by atoms with van der Waals surface area (Å²) in [4.78, 5) is 9.91. The zero-order valence-corrected chi connectivity index (χ0v) is 5.71. The Hall–Kier alpha value is -1.03. The van der Waals surface area contributed by atoms with Gasteiger partial charge in [-0.15, -0.1) is 0 Å². The fourth-order valence-electron chi connectivity index (χ4n) is 0.409. The molecule has 0 aromatic rings. The van der Waals surface area contributed by atoms with Crippen molar-refractivity contribution in [1.82, 2.24) is 5.32 Å². The molecule has 0 aliphatic rings. The molecule has 58 valence electrons. The van der Waals surface area contributed by atoms with Gasteiger partial charge in [0.25, 0.3) is 0 Å². The molecule has 0 aromatic heterocycles. The first-order chi connectivity index (χ1) is 4.77. The van der Waals surface area contributed by atoms with Crippen LogP contribution in [0.15, 0.2) is 12.3 Å². The van der Waals surface area contributed by atoms with Crippen molar-refractivity contribution in [2.24, 2.45) is 5.73 Å². The second-order valence-electron chi connectivity index (χ2n) is 1.75. The van der Waals surface area contributed by atoms with E-state index < -0.39 is 5.97 Å². The molecule has 0 fully saturated rings. The number of hydrogen-bond donors (Lipinski definition) is 3. The SMILES string of the molecule is NCCC=CNCC(=O)O. The largest absolute Gasteiger partial charge is 0.480 e. The van der Waals surface area contributed by atoms with Gasteiger partial charge in [0.2, 0.25) is 0 Å². The average Bonchev–Trinajstić information content (AvgIpc) is 1.87. The zero-order chi connectivity index (χ0) is 7.82. The van der Waals surface area contributed by atoms with Crippen LogP contribution in [0.4, 0.5) is 0 Å². The molecule has 0 saturated heterocycles. The molecule has 0 aromatic carbocycles. The third-order valence-electron chi connectivity index (χ3n) is 0.822. The summed E-state index contributed by atoms with van der Waals surface area (Å²) in [7, 11) is 0. The van der Waals surface area contributed by atoms with Gasteiger partial charge in [-0.05, 0) is 19.2 Å². The Balaban J connectivity index is 3.10. The standard InChI is InChI=1S/C6H12N2O2/c7-3-1-2-4-8-5-6(9)10/h2,4,8H,1,3,5,7H2,(H,9,10). The molecule has 0 heterocycles. The monoisotopic (exact) mass is 144 g/mol. The van der Waals surface area contributed by atoms with Crippen LogP contribution in [-0.2, 0) is 4.79 Å². The van der Waals surface area contributed by atoms with Gasteiger partial charge in [0.15, 0.2) is 0 Å². The lowest BCUT2D eigenvalue weighted by molar-refractivity contribution is -0.135. The summed E-state index contributed by atoms with van der Waals surface area (Å²) in [5.74, 6) is -0.864. The van der Waals surface area contributed by atoms with E-state index in [1.807, 2.05) is 0 Å².